The van der Waals surface area contributed by atoms with Crippen molar-refractivity contribution in [2.75, 3.05) is 23.7 Å². The van der Waals surface area contributed by atoms with E-state index in [1.165, 1.54) is 22.0 Å². The molecule has 2 aromatic carbocycles. The summed E-state index contributed by atoms with van der Waals surface area (Å²) in [6.07, 6.45) is 3.64. The van der Waals surface area contributed by atoms with Crippen molar-refractivity contribution >= 4 is 28.2 Å². The fourth-order valence-corrected chi connectivity index (χ4v) is 4.49. The van der Waals surface area contributed by atoms with Crippen molar-refractivity contribution < 1.29 is 27.5 Å². The molecule has 0 amide bonds. The maximum Gasteiger partial charge on any atom is 0.341 e. The molecule has 0 bridgehead atoms. The Balaban J connectivity index is 1.81. The molecule has 0 radical (unpaired) electrons. The molecule has 1 aliphatic rings. The number of pyridine rings is 1. The smallest absolute Gasteiger partial charge is 0.341 e. The van der Waals surface area contributed by atoms with Gasteiger partial charge in [-0.2, -0.15) is 0 Å². The van der Waals surface area contributed by atoms with Crippen LogP contribution in [0.3, 0.4) is 0 Å². The first kappa shape index (κ1) is 23.3. The molecule has 36 heavy (non-hydrogen) atoms. The summed E-state index contributed by atoms with van der Waals surface area (Å²) in [6.45, 7) is -0.0443. The molecule has 186 valence electrons. The van der Waals surface area contributed by atoms with E-state index in [4.69, 9.17) is 11.5 Å². The second kappa shape index (κ2) is 8.34. The summed E-state index contributed by atoms with van der Waals surface area (Å²) in [4.78, 5) is 25.9. The number of nitrogens with zero attached hydrogens (tertiary/aromatic N) is 5. The van der Waals surface area contributed by atoms with Gasteiger partial charge in [-0.25, -0.2) is 27.0 Å². The van der Waals surface area contributed by atoms with Crippen LogP contribution < -0.4 is 21.8 Å². The van der Waals surface area contributed by atoms with Crippen molar-refractivity contribution in [2.45, 2.75) is 12.1 Å². The van der Waals surface area contributed by atoms with Crippen LogP contribution in [0.5, 0.6) is 0 Å². The SMILES string of the molecule is Nc1c(F)c(N2C[C@@H](N)[C@@H](n3ccnn3)C2)c(F)c2c1c(=O)c(C(=O)O)cn2-c1ccc(F)cc1F. The van der Waals surface area contributed by atoms with Crippen molar-refractivity contribution in [3.05, 3.63) is 75.8 Å². The second-order valence-electron chi connectivity index (χ2n) is 8.28. The molecule has 2 aromatic heterocycles. The zero-order chi connectivity index (χ0) is 25.9. The normalized spacial score (nSPS) is 17.8. The van der Waals surface area contributed by atoms with Gasteiger partial charge in [0.05, 0.1) is 34.5 Å². The largest absolute Gasteiger partial charge is 0.477 e. The summed E-state index contributed by atoms with van der Waals surface area (Å²) in [5.74, 6) is -6.48. The predicted molar refractivity (Wildman–Crippen MR) is 120 cm³/mol. The van der Waals surface area contributed by atoms with E-state index < -0.39 is 80.3 Å². The van der Waals surface area contributed by atoms with Gasteiger partial charge in [-0.15, -0.1) is 5.10 Å². The number of aromatic nitrogens is 4. The minimum absolute atomic E-state index is 0.00827. The molecule has 5 rings (SSSR count). The lowest BCUT2D eigenvalue weighted by molar-refractivity contribution is 0.0695. The number of carboxylic acid groups (broad SMARTS) is 1. The van der Waals surface area contributed by atoms with Gasteiger partial charge in [-0.3, -0.25) is 4.79 Å². The molecule has 0 aliphatic carbocycles. The highest BCUT2D eigenvalue weighted by Gasteiger charge is 2.37. The van der Waals surface area contributed by atoms with E-state index in [9.17, 15) is 23.5 Å². The van der Waals surface area contributed by atoms with E-state index in [0.29, 0.717) is 16.8 Å². The van der Waals surface area contributed by atoms with Crippen LogP contribution in [0, 0.1) is 23.3 Å². The van der Waals surface area contributed by atoms with Gasteiger partial charge in [-0.1, -0.05) is 5.21 Å². The number of hydrogen-bond acceptors (Lipinski definition) is 7. The van der Waals surface area contributed by atoms with E-state index in [1.54, 1.807) is 0 Å². The van der Waals surface area contributed by atoms with Crippen molar-refractivity contribution in [2.24, 2.45) is 5.73 Å². The third-order valence-corrected chi connectivity index (χ3v) is 6.17. The highest BCUT2D eigenvalue weighted by atomic mass is 19.1. The third kappa shape index (κ3) is 3.45. The lowest BCUT2D eigenvalue weighted by Crippen LogP contribution is -2.31. The van der Waals surface area contributed by atoms with Crippen molar-refractivity contribution in [1.29, 1.82) is 0 Å². The minimum Gasteiger partial charge on any atom is -0.477 e. The lowest BCUT2D eigenvalue weighted by Gasteiger charge is -2.23. The molecule has 3 heterocycles. The Morgan fingerprint density at radius 1 is 1.14 bits per heavy atom. The maximum absolute atomic E-state index is 16.1. The molecule has 0 saturated carbocycles. The first-order valence-corrected chi connectivity index (χ1v) is 10.5. The van der Waals surface area contributed by atoms with Crippen LogP contribution in [-0.2, 0) is 0 Å². The number of benzene rings is 2. The fourth-order valence-electron chi connectivity index (χ4n) is 4.49. The number of nitrogens with two attached hydrogens (primary N) is 2. The molecular weight excluding hydrogens is 486 g/mol. The van der Waals surface area contributed by atoms with E-state index in [0.717, 1.165) is 12.1 Å². The number of hydrogen-bond donors (Lipinski definition) is 3. The summed E-state index contributed by atoms with van der Waals surface area (Å²) in [6, 6.07) is 1.15. The summed E-state index contributed by atoms with van der Waals surface area (Å²) in [7, 11) is 0. The molecule has 10 nitrogen and oxygen atoms in total. The van der Waals surface area contributed by atoms with Crippen LogP contribution in [-0.4, -0.2) is 49.8 Å². The van der Waals surface area contributed by atoms with Gasteiger partial charge in [0.2, 0.25) is 5.43 Å². The van der Waals surface area contributed by atoms with E-state index in [1.807, 2.05) is 0 Å². The minimum atomic E-state index is -1.73. The van der Waals surface area contributed by atoms with E-state index in [2.05, 4.69) is 10.3 Å². The summed E-state index contributed by atoms with van der Waals surface area (Å²) in [5, 5.41) is 16.3. The van der Waals surface area contributed by atoms with Crippen LogP contribution >= 0.6 is 0 Å². The molecule has 5 N–H and O–H groups in total. The Kier molecular flexibility index (Phi) is 5.39. The monoisotopic (exact) mass is 503 g/mol. The number of halogens is 4. The molecule has 2 atom stereocenters. The Bertz CT molecular complexity index is 1590. The number of aromatic carboxylic acids is 1. The Labute approximate surface area is 198 Å². The highest BCUT2D eigenvalue weighted by Crippen LogP contribution is 2.38. The summed E-state index contributed by atoms with van der Waals surface area (Å²) >= 11 is 0. The van der Waals surface area contributed by atoms with E-state index >= 15 is 8.78 Å². The topological polar surface area (TPSA) is 145 Å². The van der Waals surface area contributed by atoms with Crippen LogP contribution in [0.1, 0.15) is 16.4 Å². The van der Waals surface area contributed by atoms with Crippen LogP contribution in [0.4, 0.5) is 28.9 Å². The zero-order valence-corrected chi connectivity index (χ0v) is 18.2. The maximum atomic E-state index is 16.1. The number of fused-ring (bicyclic) bond motifs is 1. The molecular formula is C22H17F4N7O3. The zero-order valence-electron chi connectivity index (χ0n) is 18.2. The van der Waals surface area contributed by atoms with Crippen molar-refractivity contribution in [1.82, 2.24) is 19.6 Å². The standard InChI is InChI=1S/C22H17F4N7O3/c23-9-1-2-13(11(24)5-9)32-6-10(22(35)36)21(34)15-18(28)16(25)20(17(26)19(15)32)31-7-12(27)14(8-31)33-4-3-29-30-33/h1-6,12,14H,7-8,27-28H2,(H,35,36)/t12-,14+/m1/s1. The number of nitrogen functional groups attached to an aromatic ring is 1. The molecule has 1 saturated heterocycles. The number of carbonyl (C=O) groups is 1. The van der Waals surface area contributed by atoms with Gasteiger partial charge in [0, 0.05) is 37.6 Å². The molecule has 1 aliphatic heterocycles. The first-order chi connectivity index (χ1) is 17.1. The molecule has 0 spiro atoms. The van der Waals surface area contributed by atoms with Gasteiger partial charge in [0.25, 0.3) is 0 Å². The lowest BCUT2D eigenvalue weighted by atomic mass is 10.1. The molecule has 0 unspecified atom stereocenters. The van der Waals surface area contributed by atoms with Gasteiger partial charge >= 0.3 is 5.97 Å². The van der Waals surface area contributed by atoms with Gasteiger partial charge in [0.15, 0.2) is 11.6 Å². The number of anilines is 2. The molecule has 1 fully saturated rings. The Hall–Kier alpha value is -4.46. The molecule has 14 heteroatoms. The Morgan fingerprint density at radius 3 is 2.53 bits per heavy atom. The second-order valence-corrected chi connectivity index (χ2v) is 8.28. The fraction of sp³-hybridized carbons (Fsp3) is 0.182. The highest BCUT2D eigenvalue weighted by molar-refractivity contribution is 6.00. The number of rotatable bonds is 4. The van der Waals surface area contributed by atoms with Crippen LogP contribution in [0.25, 0.3) is 16.6 Å². The quantitative estimate of drug-likeness (QED) is 0.282. The van der Waals surface area contributed by atoms with Gasteiger partial charge in [-0.05, 0) is 12.1 Å². The summed E-state index contributed by atoms with van der Waals surface area (Å²) < 4.78 is 62.0. The first-order valence-electron chi connectivity index (χ1n) is 10.5. The summed E-state index contributed by atoms with van der Waals surface area (Å²) in [5.41, 5.74) is 7.26. The number of carboxylic acids is 1. The Morgan fingerprint density at radius 2 is 1.89 bits per heavy atom. The molecule has 4 aromatic rings. The van der Waals surface area contributed by atoms with Gasteiger partial charge < -0.3 is 26.0 Å². The third-order valence-electron chi connectivity index (χ3n) is 6.17. The van der Waals surface area contributed by atoms with Gasteiger partial charge in [0.1, 0.15) is 22.9 Å². The van der Waals surface area contributed by atoms with Crippen molar-refractivity contribution in [3.8, 4) is 5.69 Å². The van der Waals surface area contributed by atoms with Crippen LogP contribution in [0.15, 0.2) is 41.6 Å². The van der Waals surface area contributed by atoms with Crippen molar-refractivity contribution in [3.63, 3.8) is 0 Å². The van der Waals surface area contributed by atoms with Crippen LogP contribution in [0.2, 0.25) is 0 Å². The average molecular weight is 503 g/mol. The average Bonchev–Trinajstić information content (AvgIpc) is 3.47. The predicted octanol–water partition coefficient (Wildman–Crippen LogP) is 1.81. The van der Waals surface area contributed by atoms with E-state index in [-0.39, 0.29) is 13.1 Å².